The smallest absolute Gasteiger partial charge is 0.242 e. The second-order valence-electron chi connectivity index (χ2n) is 15.0. The van der Waals surface area contributed by atoms with E-state index in [1.807, 2.05) is 50.3 Å². The number of hydrogen-bond donors (Lipinski definition) is 1. The van der Waals surface area contributed by atoms with Crippen molar-refractivity contribution in [1.29, 1.82) is 0 Å². The highest BCUT2D eigenvalue weighted by Gasteiger charge is 2.68. The quantitative estimate of drug-likeness (QED) is 0.103. The summed E-state index contributed by atoms with van der Waals surface area (Å²) in [5, 5.41) is 18.2. The molecule has 4 heterocycles. The van der Waals surface area contributed by atoms with Gasteiger partial charge in [0.05, 0.1) is 40.3 Å². The molecular weight excluding hydrogens is 851 g/mol. The van der Waals surface area contributed by atoms with Crippen LogP contribution in [0.2, 0.25) is 5.02 Å². The Bertz CT molecular complexity index is 2530. The Kier molecular flexibility index (Phi) is 8.55. The Hall–Kier alpha value is -4.53. The third-order valence-corrected chi connectivity index (χ3v) is 14.5. The minimum absolute atomic E-state index is 0.116. The highest BCUT2D eigenvalue weighted by molar-refractivity contribution is 14.1. The highest BCUT2D eigenvalue weighted by Crippen LogP contribution is 2.65. The lowest BCUT2D eigenvalue weighted by Gasteiger charge is -2.49. The number of aromatic nitrogens is 2. The number of thiophene rings is 1. The van der Waals surface area contributed by atoms with Gasteiger partial charge in [-0.25, -0.2) is 4.90 Å². The molecular formula is C42H36ClIN4O6S. The number of halogens is 2. The summed E-state index contributed by atoms with van der Waals surface area (Å²) in [6, 6.07) is 20.0. The molecule has 2 saturated heterocycles. The molecule has 1 N–H and O–H groups in total. The number of rotatable bonds is 6. The Labute approximate surface area is 339 Å². The van der Waals surface area contributed by atoms with Crippen LogP contribution in [0.3, 0.4) is 0 Å². The first-order valence-corrected chi connectivity index (χ1v) is 20.5. The third kappa shape index (κ3) is 5.20. The summed E-state index contributed by atoms with van der Waals surface area (Å²) in [7, 11) is 1.72. The van der Waals surface area contributed by atoms with Gasteiger partial charge in [0.1, 0.15) is 11.5 Å². The van der Waals surface area contributed by atoms with E-state index in [0.29, 0.717) is 40.8 Å². The van der Waals surface area contributed by atoms with Crippen molar-refractivity contribution in [3.8, 4) is 22.1 Å². The van der Waals surface area contributed by atoms with E-state index < -0.39 is 46.8 Å². The number of phenols is 1. The van der Waals surface area contributed by atoms with Crippen molar-refractivity contribution in [2.75, 3.05) is 16.4 Å². The van der Waals surface area contributed by atoms with Gasteiger partial charge in [-0.15, -0.1) is 11.3 Å². The van der Waals surface area contributed by atoms with Gasteiger partial charge in [-0.1, -0.05) is 35.4 Å². The average Bonchev–Trinajstić information content (AvgIpc) is 3.83. The zero-order valence-electron chi connectivity index (χ0n) is 30.4. The van der Waals surface area contributed by atoms with Gasteiger partial charge in [0.15, 0.2) is 11.5 Å². The molecule has 4 aliphatic rings. The number of aromatic hydroxyl groups is 1. The van der Waals surface area contributed by atoms with Crippen LogP contribution in [0.15, 0.2) is 78.4 Å². The number of imide groups is 2. The number of carbonyl (C=O) groups excluding carboxylic acids is 4. The van der Waals surface area contributed by atoms with Gasteiger partial charge in [0.25, 0.3) is 0 Å². The summed E-state index contributed by atoms with van der Waals surface area (Å²) < 4.78 is 9.38. The summed E-state index contributed by atoms with van der Waals surface area (Å²) >= 11 is 10.1. The SMILES string of the molecule is CCOc1cccc(C2C3=CCC4C(=O)N(c5ccc(I)cc5)C(=O)C4C3CC3C(=O)N(c4cc(-c5sc6ccc(Cl)cc6c5C)nn4C)C(=O)C32C)c1O. The molecule has 2 aromatic heterocycles. The number of fused-ring (bicyclic) bond motifs is 5. The molecule has 0 bridgehead atoms. The maximum atomic E-state index is 15.2. The fraction of sp³-hybridized carbons (Fsp3) is 0.310. The van der Waals surface area contributed by atoms with Gasteiger partial charge in [-0.3, -0.25) is 28.8 Å². The molecule has 2 aliphatic carbocycles. The first kappa shape index (κ1) is 36.1. The molecule has 9 rings (SSSR count). The molecule has 2 aliphatic heterocycles. The third-order valence-electron chi connectivity index (χ3n) is 12.2. The van der Waals surface area contributed by atoms with Crippen molar-refractivity contribution in [2.24, 2.45) is 36.1 Å². The molecule has 6 unspecified atom stereocenters. The predicted octanol–water partition coefficient (Wildman–Crippen LogP) is 8.41. The van der Waals surface area contributed by atoms with E-state index in [0.717, 1.165) is 29.7 Å². The fourth-order valence-corrected chi connectivity index (χ4v) is 11.4. The fourth-order valence-electron chi connectivity index (χ4n) is 9.68. The van der Waals surface area contributed by atoms with Gasteiger partial charge < -0.3 is 9.84 Å². The van der Waals surface area contributed by atoms with Crippen LogP contribution in [0.4, 0.5) is 11.5 Å². The lowest BCUT2D eigenvalue weighted by Crippen LogP contribution is -2.49. The number of carbonyl (C=O) groups is 4. The second-order valence-corrected chi connectivity index (χ2v) is 17.7. The largest absolute Gasteiger partial charge is 0.504 e. The molecule has 5 aromatic rings. The average molecular weight is 887 g/mol. The number of para-hydroxylation sites is 1. The van der Waals surface area contributed by atoms with Crippen LogP contribution in [0.25, 0.3) is 20.7 Å². The summed E-state index contributed by atoms with van der Waals surface area (Å²) in [5.74, 6) is -4.48. The lowest BCUT2D eigenvalue weighted by atomic mass is 9.51. The van der Waals surface area contributed by atoms with E-state index in [-0.39, 0.29) is 29.7 Å². The maximum Gasteiger partial charge on any atom is 0.242 e. The van der Waals surface area contributed by atoms with Gasteiger partial charge in [-0.05, 0) is 122 Å². The molecule has 0 radical (unpaired) electrons. The number of phenolic OH excluding ortho intramolecular Hbond substituents is 1. The van der Waals surface area contributed by atoms with Crippen LogP contribution >= 0.6 is 45.5 Å². The molecule has 13 heteroatoms. The number of ether oxygens (including phenoxy) is 1. The summed E-state index contributed by atoms with van der Waals surface area (Å²) in [6.07, 6.45) is 2.46. The van der Waals surface area contributed by atoms with E-state index in [9.17, 15) is 19.5 Å². The van der Waals surface area contributed by atoms with Crippen molar-refractivity contribution in [3.63, 3.8) is 0 Å². The molecule has 3 aromatic carbocycles. The number of nitrogens with zero attached hydrogens (tertiary/aromatic N) is 4. The molecule has 6 atom stereocenters. The normalized spacial score (nSPS) is 26.1. The number of benzene rings is 3. The van der Waals surface area contributed by atoms with Crippen molar-refractivity contribution in [3.05, 3.63) is 98.1 Å². The van der Waals surface area contributed by atoms with E-state index in [1.54, 1.807) is 66.4 Å². The zero-order chi connectivity index (χ0) is 38.7. The maximum absolute atomic E-state index is 15.2. The highest BCUT2D eigenvalue weighted by atomic mass is 127. The monoisotopic (exact) mass is 886 g/mol. The summed E-state index contributed by atoms with van der Waals surface area (Å²) in [5.41, 5.74) is 1.99. The summed E-state index contributed by atoms with van der Waals surface area (Å²) in [6.45, 7) is 5.93. The Morgan fingerprint density at radius 1 is 1.00 bits per heavy atom. The van der Waals surface area contributed by atoms with Crippen molar-refractivity contribution in [2.45, 2.75) is 39.5 Å². The van der Waals surface area contributed by atoms with Crippen LogP contribution in [0.1, 0.15) is 43.7 Å². The van der Waals surface area contributed by atoms with Crippen LogP contribution in [-0.2, 0) is 26.2 Å². The van der Waals surface area contributed by atoms with Gasteiger partial charge in [0.2, 0.25) is 23.6 Å². The second kappa shape index (κ2) is 13.0. The minimum Gasteiger partial charge on any atom is -0.504 e. The number of anilines is 2. The van der Waals surface area contributed by atoms with Crippen LogP contribution < -0.4 is 14.5 Å². The predicted molar refractivity (Wildman–Crippen MR) is 219 cm³/mol. The molecule has 10 nitrogen and oxygen atoms in total. The van der Waals surface area contributed by atoms with Gasteiger partial charge in [0, 0.05) is 37.9 Å². The minimum atomic E-state index is -1.36. The molecule has 55 heavy (non-hydrogen) atoms. The molecule has 0 spiro atoms. The van der Waals surface area contributed by atoms with E-state index in [2.05, 4.69) is 22.6 Å². The topological polar surface area (TPSA) is 122 Å². The van der Waals surface area contributed by atoms with Gasteiger partial charge in [-0.2, -0.15) is 5.10 Å². The first-order valence-electron chi connectivity index (χ1n) is 18.2. The van der Waals surface area contributed by atoms with Gasteiger partial charge >= 0.3 is 0 Å². The Morgan fingerprint density at radius 2 is 1.76 bits per heavy atom. The van der Waals surface area contributed by atoms with E-state index >= 15 is 4.79 Å². The number of amides is 4. The van der Waals surface area contributed by atoms with E-state index in [4.69, 9.17) is 21.4 Å². The van der Waals surface area contributed by atoms with Crippen molar-refractivity contribution >= 4 is 90.7 Å². The Morgan fingerprint density at radius 3 is 2.51 bits per heavy atom. The van der Waals surface area contributed by atoms with Crippen LogP contribution in [0, 0.1) is 39.6 Å². The van der Waals surface area contributed by atoms with Crippen LogP contribution in [-0.4, -0.2) is 45.1 Å². The number of hydrogen-bond acceptors (Lipinski definition) is 8. The lowest BCUT2D eigenvalue weighted by molar-refractivity contribution is -0.131. The molecule has 1 saturated carbocycles. The van der Waals surface area contributed by atoms with Crippen LogP contribution in [0.5, 0.6) is 11.5 Å². The van der Waals surface area contributed by atoms with Crippen molar-refractivity contribution in [1.82, 2.24) is 9.78 Å². The molecule has 4 amide bonds. The van der Waals surface area contributed by atoms with E-state index in [1.165, 1.54) is 9.80 Å². The standard InChI is InChI=1S/C42H36ClIN4O6S/c1-5-54-31-8-6-7-26(36(31)49)35-24-14-15-25-34(40(52)47(38(25)50)23-12-10-22(44)11-13-23)28(24)18-29-39(51)48(41(53)42(29,35)3)33-19-30(45-46(33)4)37-20(2)27-17-21(43)9-16-32(27)55-37/h6-14,16-17,19,25,28-29,34-35,49H,5,15,18H2,1-4H3. The molecule has 3 fully saturated rings. The molecule has 280 valence electrons. The number of allylic oxidation sites excluding steroid dienone is 2. The first-order chi connectivity index (χ1) is 26.3. The Balaban J connectivity index is 1.17. The summed E-state index contributed by atoms with van der Waals surface area (Å²) in [4.78, 5) is 62.0. The number of aryl methyl sites for hydroxylation is 2. The zero-order valence-corrected chi connectivity index (χ0v) is 34.1. The van der Waals surface area contributed by atoms with Crippen molar-refractivity contribution < 1.29 is 29.0 Å².